The molecule has 0 radical (unpaired) electrons. The monoisotopic (exact) mass is 353 g/mol. The zero-order chi connectivity index (χ0) is 17.4. The van der Waals surface area contributed by atoms with Gasteiger partial charge in [-0.15, -0.1) is 0 Å². The van der Waals surface area contributed by atoms with E-state index >= 15 is 0 Å². The quantitative estimate of drug-likeness (QED) is 0.604. The van der Waals surface area contributed by atoms with E-state index in [1.54, 1.807) is 30.5 Å². The molecular formula is C18H15N3O3S. The Balaban J connectivity index is 1.70. The van der Waals surface area contributed by atoms with Crippen molar-refractivity contribution in [1.82, 2.24) is 9.97 Å². The third kappa shape index (κ3) is 2.94. The van der Waals surface area contributed by atoms with Gasteiger partial charge < -0.3 is 4.42 Å². The Kier molecular flexibility index (Phi) is 3.65. The number of rotatable bonds is 4. The van der Waals surface area contributed by atoms with Crippen LogP contribution in [0.15, 0.2) is 64.0 Å². The highest BCUT2D eigenvalue weighted by atomic mass is 32.2. The number of aryl methyl sites for hydroxylation is 1. The molecule has 2 aromatic carbocycles. The van der Waals surface area contributed by atoms with E-state index in [1.807, 2.05) is 19.1 Å². The maximum Gasteiger partial charge on any atom is 0.261 e. The first kappa shape index (κ1) is 15.6. The number of oxazole rings is 1. The lowest BCUT2D eigenvalue weighted by atomic mass is 10.2. The molecule has 7 heteroatoms. The third-order valence-corrected chi connectivity index (χ3v) is 5.25. The number of nitrogens with one attached hydrogen (secondary N) is 1. The number of pyridine rings is 1. The van der Waals surface area contributed by atoms with Crippen LogP contribution in [-0.2, 0) is 16.4 Å². The number of benzene rings is 2. The van der Waals surface area contributed by atoms with Crippen molar-refractivity contribution in [3.63, 3.8) is 0 Å². The van der Waals surface area contributed by atoms with Gasteiger partial charge in [0.15, 0.2) is 11.5 Å². The van der Waals surface area contributed by atoms with Gasteiger partial charge in [-0.05, 0) is 42.5 Å². The Bertz CT molecular complexity index is 1180. The fourth-order valence-corrected chi connectivity index (χ4v) is 3.70. The van der Waals surface area contributed by atoms with Crippen LogP contribution in [0.4, 0.5) is 5.69 Å². The lowest BCUT2D eigenvalue weighted by Crippen LogP contribution is -2.12. The van der Waals surface area contributed by atoms with Gasteiger partial charge in [0.25, 0.3) is 10.0 Å². The molecule has 4 rings (SSSR count). The van der Waals surface area contributed by atoms with Gasteiger partial charge in [0.2, 0.25) is 0 Å². The van der Waals surface area contributed by atoms with Crippen molar-refractivity contribution < 1.29 is 12.8 Å². The minimum Gasteiger partial charge on any atom is -0.441 e. The van der Waals surface area contributed by atoms with Gasteiger partial charge in [-0.3, -0.25) is 9.71 Å². The molecule has 0 unspecified atom stereocenters. The van der Waals surface area contributed by atoms with Gasteiger partial charge in [-0.2, -0.15) is 0 Å². The molecule has 25 heavy (non-hydrogen) atoms. The van der Waals surface area contributed by atoms with E-state index in [4.69, 9.17) is 4.42 Å². The molecule has 126 valence electrons. The van der Waals surface area contributed by atoms with Crippen LogP contribution in [-0.4, -0.2) is 18.4 Å². The number of anilines is 1. The van der Waals surface area contributed by atoms with Gasteiger partial charge in [-0.25, -0.2) is 13.4 Å². The molecule has 2 heterocycles. The minimum atomic E-state index is -3.72. The highest BCUT2D eigenvalue weighted by Gasteiger charge is 2.16. The fraction of sp³-hybridized carbons (Fsp3) is 0.111. The average molecular weight is 353 g/mol. The lowest BCUT2D eigenvalue weighted by molar-refractivity contribution is 0.538. The first-order valence-electron chi connectivity index (χ1n) is 7.82. The number of fused-ring (bicyclic) bond motifs is 2. The lowest BCUT2D eigenvalue weighted by Gasteiger charge is -2.08. The van der Waals surface area contributed by atoms with Gasteiger partial charge in [-0.1, -0.05) is 13.0 Å². The Labute approximate surface area is 144 Å². The van der Waals surface area contributed by atoms with Crippen LogP contribution < -0.4 is 4.72 Å². The second-order valence-corrected chi connectivity index (χ2v) is 7.29. The summed E-state index contributed by atoms with van der Waals surface area (Å²) in [6, 6.07) is 13.6. The van der Waals surface area contributed by atoms with Crippen LogP contribution in [0.2, 0.25) is 0 Å². The van der Waals surface area contributed by atoms with Crippen LogP contribution in [0, 0.1) is 0 Å². The fourth-order valence-electron chi connectivity index (χ4n) is 2.63. The highest BCUT2D eigenvalue weighted by molar-refractivity contribution is 7.92. The van der Waals surface area contributed by atoms with Gasteiger partial charge in [0.1, 0.15) is 5.52 Å². The maximum atomic E-state index is 12.7. The molecule has 0 amide bonds. The predicted molar refractivity (Wildman–Crippen MR) is 95.9 cm³/mol. The summed E-state index contributed by atoms with van der Waals surface area (Å²) in [5.41, 5.74) is 2.39. The topological polar surface area (TPSA) is 85.1 Å². The molecule has 0 bridgehead atoms. The number of hydrogen-bond donors (Lipinski definition) is 1. The summed E-state index contributed by atoms with van der Waals surface area (Å²) in [6.45, 7) is 1.93. The van der Waals surface area contributed by atoms with Crippen LogP contribution in [0.1, 0.15) is 12.8 Å². The first-order valence-corrected chi connectivity index (χ1v) is 9.30. The largest absolute Gasteiger partial charge is 0.441 e. The van der Waals surface area contributed by atoms with Gasteiger partial charge in [0.05, 0.1) is 10.4 Å². The number of aromatic nitrogens is 2. The second kappa shape index (κ2) is 5.86. The summed E-state index contributed by atoms with van der Waals surface area (Å²) in [7, 11) is -3.72. The molecule has 0 aliphatic rings. The van der Waals surface area contributed by atoms with E-state index in [-0.39, 0.29) is 4.90 Å². The summed E-state index contributed by atoms with van der Waals surface area (Å²) < 4.78 is 33.5. The zero-order valence-electron chi connectivity index (χ0n) is 13.4. The predicted octanol–water partition coefficient (Wildman–Crippen LogP) is 3.74. The Hall–Kier alpha value is -2.93. The number of hydrogen-bond acceptors (Lipinski definition) is 5. The molecule has 4 aromatic rings. The number of nitrogens with zero attached hydrogens (tertiary/aromatic N) is 2. The molecule has 6 nitrogen and oxygen atoms in total. The number of sulfonamides is 1. The normalized spacial score (nSPS) is 11.9. The molecule has 1 N–H and O–H groups in total. The molecule has 0 fully saturated rings. The van der Waals surface area contributed by atoms with Gasteiger partial charge in [0, 0.05) is 23.7 Å². The zero-order valence-corrected chi connectivity index (χ0v) is 14.2. The molecule has 0 aliphatic carbocycles. The summed E-state index contributed by atoms with van der Waals surface area (Å²) in [6.07, 6.45) is 2.35. The van der Waals surface area contributed by atoms with Crippen LogP contribution in [0.3, 0.4) is 0 Å². The second-order valence-electron chi connectivity index (χ2n) is 5.61. The summed E-state index contributed by atoms with van der Waals surface area (Å²) in [5.74, 6) is 0.583. The van der Waals surface area contributed by atoms with Crippen LogP contribution >= 0.6 is 0 Å². The Morgan fingerprint density at radius 1 is 1.08 bits per heavy atom. The highest BCUT2D eigenvalue weighted by Crippen LogP contribution is 2.24. The van der Waals surface area contributed by atoms with Crippen molar-refractivity contribution in [3.8, 4) is 0 Å². The average Bonchev–Trinajstić information content (AvgIpc) is 3.03. The summed E-state index contributed by atoms with van der Waals surface area (Å²) in [5, 5.41) is 0.863. The standard InChI is InChI=1S/C18H15N3O3S/c1-2-18-20-16-11-14(6-8-17(16)24-18)25(22,23)21-13-5-7-15-12(10-13)4-3-9-19-15/h3-11,21H,2H2,1H3. The Morgan fingerprint density at radius 2 is 1.96 bits per heavy atom. The van der Waals surface area contributed by atoms with Crippen molar-refractivity contribution in [1.29, 1.82) is 0 Å². The van der Waals surface area contributed by atoms with Gasteiger partial charge >= 0.3 is 0 Å². The smallest absolute Gasteiger partial charge is 0.261 e. The van der Waals surface area contributed by atoms with E-state index < -0.39 is 10.0 Å². The van der Waals surface area contributed by atoms with E-state index in [0.29, 0.717) is 29.1 Å². The first-order chi connectivity index (χ1) is 12.0. The Morgan fingerprint density at radius 3 is 2.80 bits per heavy atom. The van der Waals surface area contributed by atoms with Crippen LogP contribution in [0.5, 0.6) is 0 Å². The van der Waals surface area contributed by atoms with E-state index in [1.165, 1.54) is 12.1 Å². The molecule has 0 aliphatic heterocycles. The maximum absolute atomic E-state index is 12.7. The molecule has 0 saturated heterocycles. The van der Waals surface area contributed by atoms with Crippen LogP contribution in [0.25, 0.3) is 22.0 Å². The van der Waals surface area contributed by atoms with E-state index in [2.05, 4.69) is 14.7 Å². The molecular weight excluding hydrogens is 338 g/mol. The molecule has 0 atom stereocenters. The minimum absolute atomic E-state index is 0.141. The molecule has 0 spiro atoms. The van der Waals surface area contributed by atoms with Crippen molar-refractivity contribution >= 4 is 37.7 Å². The summed E-state index contributed by atoms with van der Waals surface area (Å²) in [4.78, 5) is 8.65. The third-order valence-electron chi connectivity index (χ3n) is 3.87. The van der Waals surface area contributed by atoms with Crippen molar-refractivity contribution in [3.05, 3.63) is 60.6 Å². The molecule has 0 saturated carbocycles. The van der Waals surface area contributed by atoms with Crippen molar-refractivity contribution in [2.75, 3.05) is 4.72 Å². The summed E-state index contributed by atoms with van der Waals surface area (Å²) >= 11 is 0. The van der Waals surface area contributed by atoms with Crippen molar-refractivity contribution in [2.24, 2.45) is 0 Å². The molecule has 2 aromatic heterocycles. The SMILES string of the molecule is CCc1nc2cc(S(=O)(=O)Nc3ccc4ncccc4c3)ccc2o1. The van der Waals surface area contributed by atoms with Crippen molar-refractivity contribution in [2.45, 2.75) is 18.2 Å². The van der Waals surface area contributed by atoms with E-state index in [0.717, 1.165) is 10.9 Å². The van der Waals surface area contributed by atoms with E-state index in [9.17, 15) is 8.42 Å².